The zero-order valence-corrected chi connectivity index (χ0v) is 35.3. The minimum absolute atomic E-state index is 0.445. The van der Waals surface area contributed by atoms with E-state index < -0.39 is 92.6 Å². The maximum Gasteiger partial charge on any atom is 0.311 e. The molecule has 2 saturated heterocycles. The summed E-state index contributed by atoms with van der Waals surface area (Å²) in [4.78, 5) is 13.5. The lowest BCUT2D eigenvalue weighted by Gasteiger charge is -2.44. The van der Waals surface area contributed by atoms with E-state index in [1.165, 1.54) is 77.0 Å². The molecule has 0 aromatic rings. The Hall–Kier alpha value is -1.23. The van der Waals surface area contributed by atoms with Gasteiger partial charge in [0.2, 0.25) is 0 Å². The zero-order chi connectivity index (χ0) is 41.8. The van der Waals surface area contributed by atoms with Crippen molar-refractivity contribution in [2.45, 2.75) is 242 Å². The maximum atomic E-state index is 13.5. The molecule has 0 amide bonds. The second-order valence-electron chi connectivity index (χ2n) is 16.5. The molecule has 2 heterocycles. The van der Waals surface area contributed by atoms with E-state index in [1.807, 2.05) is 0 Å². The lowest BCUT2D eigenvalue weighted by molar-refractivity contribution is -0.376. The van der Waals surface area contributed by atoms with Crippen molar-refractivity contribution in [1.82, 2.24) is 0 Å². The third-order valence-corrected chi connectivity index (χ3v) is 11.6. The Morgan fingerprint density at radius 2 is 0.947 bits per heavy atom. The van der Waals surface area contributed by atoms with Crippen LogP contribution in [-0.4, -0.2) is 128 Å². The Bertz CT molecular complexity index is 1010. The number of esters is 1. The summed E-state index contributed by atoms with van der Waals surface area (Å²) in [6.45, 7) is 3.22. The second-order valence-corrected chi connectivity index (χ2v) is 16.5. The summed E-state index contributed by atoms with van der Waals surface area (Å²) in [5.74, 6) is -1.43. The van der Waals surface area contributed by atoms with Gasteiger partial charge >= 0.3 is 5.97 Å². The van der Waals surface area contributed by atoms with Crippen LogP contribution in [0.15, 0.2) is 12.2 Å². The average Bonchev–Trinajstić information content (AvgIpc) is 3.20. The second kappa shape index (κ2) is 31.6. The van der Waals surface area contributed by atoms with Crippen molar-refractivity contribution in [3.8, 4) is 0 Å². The minimum atomic E-state index is -1.82. The lowest BCUT2D eigenvalue weighted by Crippen LogP contribution is -2.63. The van der Waals surface area contributed by atoms with Crippen molar-refractivity contribution in [1.29, 1.82) is 0 Å². The number of ether oxygens (including phenoxy) is 4. The number of aliphatic hydroxyl groups is 8. The molecule has 13 heteroatoms. The molecule has 0 radical (unpaired) electrons. The number of rotatable bonds is 33. The van der Waals surface area contributed by atoms with Gasteiger partial charge in [-0.3, -0.25) is 4.79 Å². The third-order valence-electron chi connectivity index (χ3n) is 11.6. The van der Waals surface area contributed by atoms with Crippen LogP contribution in [-0.2, 0) is 23.7 Å². The van der Waals surface area contributed by atoms with Crippen molar-refractivity contribution >= 4 is 5.97 Å². The van der Waals surface area contributed by atoms with Crippen molar-refractivity contribution in [2.24, 2.45) is 5.92 Å². The fourth-order valence-corrected chi connectivity index (χ4v) is 7.69. The highest BCUT2D eigenvalue weighted by molar-refractivity contribution is 5.73. The number of hydrogen-bond acceptors (Lipinski definition) is 13. The van der Waals surface area contributed by atoms with Crippen LogP contribution in [0.2, 0.25) is 0 Å². The van der Waals surface area contributed by atoms with Gasteiger partial charge in [0.15, 0.2) is 12.6 Å². The van der Waals surface area contributed by atoms with Crippen LogP contribution < -0.4 is 0 Å². The average molecular weight is 819 g/mol. The van der Waals surface area contributed by atoms with Gasteiger partial charge in [-0.25, -0.2) is 0 Å². The molecule has 0 bridgehead atoms. The Kier molecular flexibility index (Phi) is 28.8. The summed E-state index contributed by atoms with van der Waals surface area (Å²) in [5.41, 5.74) is 0. The van der Waals surface area contributed by atoms with Gasteiger partial charge in [0.1, 0.15) is 55.4 Å². The molecule has 2 fully saturated rings. The van der Waals surface area contributed by atoms with E-state index in [9.17, 15) is 45.6 Å². The van der Waals surface area contributed by atoms with Crippen LogP contribution in [0.1, 0.15) is 174 Å². The predicted molar refractivity (Wildman–Crippen MR) is 218 cm³/mol. The molecule has 12 atom stereocenters. The zero-order valence-electron chi connectivity index (χ0n) is 35.3. The topological polar surface area (TPSA) is 216 Å². The van der Waals surface area contributed by atoms with Crippen LogP contribution in [0.5, 0.6) is 0 Å². The van der Waals surface area contributed by atoms with E-state index in [0.29, 0.717) is 12.8 Å². The van der Waals surface area contributed by atoms with Gasteiger partial charge < -0.3 is 59.8 Å². The van der Waals surface area contributed by atoms with Crippen LogP contribution in [0.25, 0.3) is 0 Å². The summed E-state index contributed by atoms with van der Waals surface area (Å²) >= 11 is 0. The molecule has 336 valence electrons. The summed E-state index contributed by atoms with van der Waals surface area (Å²) in [5, 5.41) is 83.2. The van der Waals surface area contributed by atoms with E-state index in [-0.39, 0.29) is 0 Å². The normalized spacial score (nSPS) is 29.2. The Balaban J connectivity index is 1.88. The summed E-state index contributed by atoms with van der Waals surface area (Å²) in [7, 11) is 0. The van der Waals surface area contributed by atoms with E-state index in [0.717, 1.165) is 70.6 Å². The fraction of sp³-hybridized carbons (Fsp3) is 0.932. The van der Waals surface area contributed by atoms with Crippen molar-refractivity contribution in [2.75, 3.05) is 13.2 Å². The number of unbranched alkanes of at least 4 members (excludes halogenated alkanes) is 20. The van der Waals surface area contributed by atoms with Gasteiger partial charge in [-0.05, 0) is 38.5 Å². The summed E-state index contributed by atoms with van der Waals surface area (Å²) < 4.78 is 22.1. The smallest absolute Gasteiger partial charge is 0.311 e. The van der Waals surface area contributed by atoms with Gasteiger partial charge in [-0.2, -0.15) is 0 Å². The van der Waals surface area contributed by atoms with E-state index in [4.69, 9.17) is 18.9 Å². The number of allylic oxidation sites excluding steroid dienone is 2. The number of aliphatic hydroxyl groups excluding tert-OH is 8. The summed E-state index contributed by atoms with van der Waals surface area (Å²) in [6, 6.07) is 0. The first-order valence-electron chi connectivity index (χ1n) is 22.7. The van der Waals surface area contributed by atoms with Crippen molar-refractivity contribution < 1.29 is 64.6 Å². The molecule has 57 heavy (non-hydrogen) atoms. The Labute approximate surface area is 343 Å². The molecule has 8 N–H and O–H groups in total. The van der Waals surface area contributed by atoms with Gasteiger partial charge in [-0.15, -0.1) is 0 Å². The Morgan fingerprint density at radius 3 is 1.44 bits per heavy atom. The lowest BCUT2D eigenvalue weighted by atomic mass is 9.91. The van der Waals surface area contributed by atoms with Gasteiger partial charge in [-0.1, -0.05) is 148 Å². The van der Waals surface area contributed by atoms with Crippen LogP contribution in [0.3, 0.4) is 0 Å². The predicted octanol–water partition coefficient (Wildman–Crippen LogP) is 5.48. The van der Waals surface area contributed by atoms with Gasteiger partial charge in [0, 0.05) is 0 Å². The first kappa shape index (κ1) is 51.9. The monoisotopic (exact) mass is 819 g/mol. The van der Waals surface area contributed by atoms with Crippen LogP contribution in [0, 0.1) is 5.92 Å². The molecule has 2 aliphatic rings. The number of carbonyl (C=O) groups excluding carboxylic acids is 1. The Morgan fingerprint density at radius 1 is 0.544 bits per heavy atom. The quantitative estimate of drug-likeness (QED) is 0.0234. The molecule has 0 spiro atoms. The molecular formula is C44H82O13. The molecule has 0 saturated carbocycles. The van der Waals surface area contributed by atoms with Crippen LogP contribution >= 0.6 is 0 Å². The van der Waals surface area contributed by atoms with E-state index in [2.05, 4.69) is 26.0 Å². The highest BCUT2D eigenvalue weighted by Gasteiger charge is 2.50. The molecule has 13 nitrogen and oxygen atoms in total. The molecule has 0 aromatic carbocycles. The van der Waals surface area contributed by atoms with Crippen molar-refractivity contribution in [3.05, 3.63) is 12.2 Å². The number of carbonyl (C=O) groups is 1. The SMILES string of the molecule is CCCCCC/C=C/CCCCCCCC(O)C(CCCCCCCCCCCCCC)C(=O)OC[C@H]1O[C@H](O[C@@H]2O[C@@H](CO)[C@H](O)[C@@H](O)[C@@H]2O)[C@H](O)[C@@H](O)[C@@H]1O. The van der Waals surface area contributed by atoms with Crippen LogP contribution in [0.4, 0.5) is 0 Å². The van der Waals surface area contributed by atoms with Gasteiger partial charge in [0.25, 0.3) is 0 Å². The minimum Gasteiger partial charge on any atom is -0.463 e. The van der Waals surface area contributed by atoms with E-state index >= 15 is 0 Å². The maximum absolute atomic E-state index is 13.5. The van der Waals surface area contributed by atoms with Crippen molar-refractivity contribution in [3.63, 3.8) is 0 Å². The molecule has 2 unspecified atom stereocenters. The molecule has 0 aliphatic carbocycles. The summed E-state index contributed by atoms with van der Waals surface area (Å²) in [6.07, 6.45) is 14.6. The molecule has 0 aromatic heterocycles. The first-order valence-corrected chi connectivity index (χ1v) is 22.7. The highest BCUT2D eigenvalue weighted by atomic mass is 16.8. The molecule has 2 aliphatic heterocycles. The largest absolute Gasteiger partial charge is 0.463 e. The first-order chi connectivity index (χ1) is 27.6. The molecular weight excluding hydrogens is 736 g/mol. The molecule has 2 rings (SSSR count). The fourth-order valence-electron chi connectivity index (χ4n) is 7.69. The highest BCUT2D eigenvalue weighted by Crippen LogP contribution is 2.29. The standard InChI is InChI=1S/C44H82O13/c1-3-5-7-9-11-13-15-17-19-21-23-25-27-29-33(46)32(28-26-24-22-20-18-16-14-12-10-8-6-4-2)42(53)54-31-35-37(48)39(50)41(52)44(56-35)57-43-40(51)38(49)36(47)34(30-45)55-43/h13,15,32-41,43-52H,3-12,14,16-31H2,1-2H3/b15-13+/t32?,33?,34-,35+,36-,37+,38+,39-,40-,41+,43-,44+/m0/s1. The third kappa shape index (κ3) is 20.3. The van der Waals surface area contributed by atoms with Gasteiger partial charge in [0.05, 0.1) is 18.6 Å². The number of hydrogen-bond donors (Lipinski definition) is 8. The van der Waals surface area contributed by atoms with E-state index in [1.54, 1.807) is 0 Å².